The van der Waals surface area contributed by atoms with Gasteiger partial charge >= 0.3 is 5.97 Å². The minimum atomic E-state index is -0.583. The second kappa shape index (κ2) is 9.58. The van der Waals surface area contributed by atoms with Gasteiger partial charge in [0.15, 0.2) is 5.78 Å². The second-order valence-electron chi connectivity index (χ2n) is 4.35. The molecule has 0 bridgehead atoms. The summed E-state index contributed by atoms with van der Waals surface area (Å²) in [6.07, 6.45) is 11.5. The predicted molar refractivity (Wildman–Crippen MR) is 78.1 cm³/mol. The molecule has 0 N–H and O–H groups in total. The molecule has 0 saturated carbocycles. The van der Waals surface area contributed by atoms with E-state index in [0.717, 1.165) is 12.8 Å². The van der Waals surface area contributed by atoms with Gasteiger partial charge in [0.2, 0.25) is 0 Å². The fraction of sp³-hybridized carbons (Fsp3) is 0.375. The number of esters is 1. The summed E-state index contributed by atoms with van der Waals surface area (Å²) >= 11 is 0. The molecule has 0 radical (unpaired) electrons. The Balaban J connectivity index is 2.41. The molecule has 5 nitrogen and oxygen atoms in total. The highest BCUT2D eigenvalue weighted by Crippen LogP contribution is 2.17. The summed E-state index contributed by atoms with van der Waals surface area (Å²) in [6, 6.07) is 1.44. The molecule has 0 aliphatic rings. The largest absolute Gasteiger partial charge is 0.469 e. The van der Waals surface area contributed by atoms with Gasteiger partial charge in [0.05, 0.1) is 18.9 Å². The lowest BCUT2D eigenvalue weighted by atomic mass is 10.2. The number of carbonyl (C=O) groups excluding carboxylic acids is 2. The third-order valence-corrected chi connectivity index (χ3v) is 2.66. The van der Waals surface area contributed by atoms with Crippen LogP contribution in [0.15, 0.2) is 41.2 Å². The first kappa shape index (κ1) is 16.8. The Morgan fingerprint density at radius 2 is 2.14 bits per heavy atom. The van der Waals surface area contributed by atoms with Gasteiger partial charge in [-0.15, -0.1) is 0 Å². The number of rotatable bonds is 9. The van der Waals surface area contributed by atoms with E-state index in [1.54, 1.807) is 6.08 Å². The molecule has 0 aromatic carbocycles. The summed E-state index contributed by atoms with van der Waals surface area (Å²) in [7, 11) is 1.23. The molecule has 21 heavy (non-hydrogen) atoms. The number of hydrogen-bond donors (Lipinski definition) is 0. The second-order valence-corrected chi connectivity index (χ2v) is 4.35. The minimum Gasteiger partial charge on any atom is -0.469 e. The van der Waals surface area contributed by atoms with E-state index in [2.05, 4.69) is 17.7 Å². The van der Waals surface area contributed by atoms with Crippen LogP contribution in [0.2, 0.25) is 0 Å². The summed E-state index contributed by atoms with van der Waals surface area (Å²) in [5.74, 6) is -0.758. The van der Waals surface area contributed by atoms with Crippen molar-refractivity contribution in [2.45, 2.75) is 32.6 Å². The van der Waals surface area contributed by atoms with Crippen LogP contribution in [-0.4, -0.2) is 18.9 Å². The summed E-state index contributed by atoms with van der Waals surface area (Å²) < 4.78 is 14.7. The zero-order chi connectivity index (χ0) is 15.5. The molecule has 0 unspecified atom stereocenters. The SMILES string of the molecule is CCCCC=CC=COc1cc(C(=O)CC(=O)OC)co1. The smallest absolute Gasteiger partial charge is 0.313 e. The highest BCUT2D eigenvalue weighted by atomic mass is 16.6. The molecular weight excluding hydrogens is 272 g/mol. The van der Waals surface area contributed by atoms with Crippen LogP contribution in [0.1, 0.15) is 43.0 Å². The number of hydrogen-bond acceptors (Lipinski definition) is 5. The Bertz CT molecular complexity index is 510. The standard InChI is InChI=1S/C16H20O5/c1-3-4-5-6-7-8-9-20-16-10-13(12-21-16)14(17)11-15(18)19-2/h6-10,12H,3-5,11H2,1-2H3. The average Bonchev–Trinajstić information content (AvgIpc) is 2.95. The van der Waals surface area contributed by atoms with Crippen molar-refractivity contribution < 1.29 is 23.5 Å². The van der Waals surface area contributed by atoms with Crippen molar-refractivity contribution in [3.8, 4) is 5.95 Å². The number of allylic oxidation sites excluding steroid dienone is 3. The molecule has 0 spiro atoms. The first-order valence-electron chi connectivity index (χ1n) is 6.84. The molecule has 0 saturated heterocycles. The number of furan rings is 1. The summed E-state index contributed by atoms with van der Waals surface area (Å²) in [5, 5.41) is 0. The lowest BCUT2D eigenvalue weighted by Crippen LogP contribution is -2.08. The van der Waals surface area contributed by atoms with Crippen molar-refractivity contribution in [2.24, 2.45) is 0 Å². The molecule has 0 aliphatic carbocycles. The fourth-order valence-corrected chi connectivity index (χ4v) is 1.48. The highest BCUT2D eigenvalue weighted by molar-refractivity contribution is 6.05. The van der Waals surface area contributed by atoms with Crippen LogP contribution in [0.25, 0.3) is 0 Å². The van der Waals surface area contributed by atoms with Crippen LogP contribution in [-0.2, 0) is 9.53 Å². The maximum atomic E-state index is 11.7. The number of methoxy groups -OCH3 is 1. The molecule has 1 rings (SSSR count). The highest BCUT2D eigenvalue weighted by Gasteiger charge is 2.15. The number of unbranched alkanes of at least 4 members (excludes halogenated alkanes) is 2. The van der Waals surface area contributed by atoms with E-state index < -0.39 is 5.97 Å². The van der Waals surface area contributed by atoms with Crippen LogP contribution in [0.5, 0.6) is 5.95 Å². The van der Waals surface area contributed by atoms with E-state index in [0.29, 0.717) is 0 Å². The Kier molecular flexibility index (Phi) is 7.64. The van der Waals surface area contributed by atoms with Gasteiger partial charge < -0.3 is 13.9 Å². The molecule has 5 heteroatoms. The Morgan fingerprint density at radius 3 is 2.86 bits per heavy atom. The Hall–Kier alpha value is -2.30. The normalized spacial score (nSPS) is 11.1. The summed E-state index contributed by atoms with van der Waals surface area (Å²) in [6.45, 7) is 2.14. The molecule has 1 heterocycles. The van der Waals surface area contributed by atoms with Gasteiger partial charge in [0.1, 0.15) is 12.7 Å². The number of ketones is 1. The van der Waals surface area contributed by atoms with Crippen LogP contribution in [0.4, 0.5) is 0 Å². The van der Waals surface area contributed by atoms with Crippen LogP contribution in [0, 0.1) is 0 Å². The number of ether oxygens (including phenoxy) is 2. The zero-order valence-corrected chi connectivity index (χ0v) is 12.3. The van der Waals surface area contributed by atoms with E-state index in [1.165, 1.54) is 32.1 Å². The molecule has 1 aromatic rings. The predicted octanol–water partition coefficient (Wildman–Crippen LogP) is 3.66. The maximum Gasteiger partial charge on any atom is 0.313 e. The molecule has 114 valence electrons. The Morgan fingerprint density at radius 1 is 1.33 bits per heavy atom. The molecule has 0 amide bonds. The summed E-state index contributed by atoms with van der Waals surface area (Å²) in [5.41, 5.74) is 0.280. The lowest BCUT2D eigenvalue weighted by Gasteiger charge is -1.95. The summed E-state index contributed by atoms with van der Waals surface area (Å²) in [4.78, 5) is 22.7. The quantitative estimate of drug-likeness (QED) is 0.173. The molecule has 0 fully saturated rings. The number of carbonyl (C=O) groups is 2. The Labute approximate surface area is 124 Å². The molecule has 1 aromatic heterocycles. The van der Waals surface area contributed by atoms with Crippen molar-refractivity contribution in [3.63, 3.8) is 0 Å². The van der Waals surface area contributed by atoms with Gasteiger partial charge in [-0.2, -0.15) is 0 Å². The van der Waals surface area contributed by atoms with Crippen molar-refractivity contribution >= 4 is 11.8 Å². The van der Waals surface area contributed by atoms with Crippen molar-refractivity contribution in [1.82, 2.24) is 0 Å². The van der Waals surface area contributed by atoms with E-state index in [-0.39, 0.29) is 23.7 Å². The number of Topliss-reactive ketones (excluding diaryl/α,β-unsaturated/α-hetero) is 1. The van der Waals surface area contributed by atoms with E-state index in [4.69, 9.17) is 9.15 Å². The van der Waals surface area contributed by atoms with Crippen molar-refractivity contribution in [1.29, 1.82) is 0 Å². The van der Waals surface area contributed by atoms with Gasteiger partial charge in [-0.25, -0.2) is 0 Å². The van der Waals surface area contributed by atoms with Crippen LogP contribution >= 0.6 is 0 Å². The molecule has 0 atom stereocenters. The topological polar surface area (TPSA) is 65.7 Å². The third kappa shape index (κ3) is 6.61. The van der Waals surface area contributed by atoms with Gasteiger partial charge in [-0.1, -0.05) is 31.9 Å². The van der Waals surface area contributed by atoms with Gasteiger partial charge in [-0.05, 0) is 12.5 Å². The van der Waals surface area contributed by atoms with Gasteiger partial charge in [-0.3, -0.25) is 9.59 Å². The van der Waals surface area contributed by atoms with Crippen molar-refractivity contribution in [3.05, 3.63) is 42.4 Å². The van der Waals surface area contributed by atoms with Crippen molar-refractivity contribution in [2.75, 3.05) is 7.11 Å². The van der Waals surface area contributed by atoms with E-state index in [9.17, 15) is 9.59 Å². The molecule has 0 aliphatic heterocycles. The third-order valence-electron chi connectivity index (χ3n) is 2.66. The van der Waals surface area contributed by atoms with E-state index >= 15 is 0 Å². The fourth-order valence-electron chi connectivity index (χ4n) is 1.48. The monoisotopic (exact) mass is 292 g/mol. The van der Waals surface area contributed by atoms with Gasteiger partial charge in [0, 0.05) is 6.07 Å². The first-order valence-corrected chi connectivity index (χ1v) is 6.84. The van der Waals surface area contributed by atoms with E-state index in [1.807, 2.05) is 6.08 Å². The zero-order valence-electron chi connectivity index (χ0n) is 12.3. The minimum absolute atomic E-state index is 0.196. The van der Waals surface area contributed by atoms with Gasteiger partial charge in [0.25, 0.3) is 5.95 Å². The molecular formula is C16H20O5. The first-order chi connectivity index (χ1) is 10.2. The average molecular weight is 292 g/mol. The van der Waals surface area contributed by atoms with Crippen LogP contribution in [0.3, 0.4) is 0 Å². The van der Waals surface area contributed by atoms with Crippen LogP contribution < -0.4 is 4.74 Å². The lowest BCUT2D eigenvalue weighted by molar-refractivity contribution is -0.139. The maximum absolute atomic E-state index is 11.7.